The van der Waals surface area contributed by atoms with Crippen molar-refractivity contribution in [2.45, 2.75) is 53.3 Å². The van der Waals surface area contributed by atoms with Crippen LogP contribution in [-0.4, -0.2) is 15.7 Å². The summed E-state index contributed by atoms with van der Waals surface area (Å²) in [5, 5.41) is 0. The number of nitrogens with one attached hydrogen (secondary N) is 1. The predicted molar refractivity (Wildman–Crippen MR) is 83.7 cm³/mol. The lowest BCUT2D eigenvalue weighted by atomic mass is 9.95. The van der Waals surface area contributed by atoms with Crippen molar-refractivity contribution < 1.29 is 17.6 Å². The topological polar surface area (TPSA) is 54.9 Å². The van der Waals surface area contributed by atoms with Crippen LogP contribution in [-0.2, 0) is 6.54 Å². The standard InChI is InChI=1S/C14H14F4N2O2.C2H6/c1-7-8(2)20(13(22)19-12(7)21)6-9-10(14(16,17)18)4-3-5-11(9)15;1-2/h5H,3-4,6H2,1-2H3,(H,19,21,22);1-2H3. The third kappa shape index (κ3) is 4.04. The Labute approximate surface area is 136 Å². The summed E-state index contributed by atoms with van der Waals surface area (Å²) in [4.78, 5) is 25.3. The van der Waals surface area contributed by atoms with E-state index in [1.807, 2.05) is 18.8 Å². The van der Waals surface area contributed by atoms with E-state index >= 15 is 0 Å². The Kier molecular flexibility index (Phi) is 6.34. The zero-order chi connectivity index (χ0) is 18.7. The third-order valence-corrected chi connectivity index (χ3v) is 3.78. The van der Waals surface area contributed by atoms with E-state index in [-0.39, 0.29) is 24.1 Å². The van der Waals surface area contributed by atoms with Crippen molar-refractivity contribution >= 4 is 0 Å². The van der Waals surface area contributed by atoms with Gasteiger partial charge in [0, 0.05) is 22.4 Å². The van der Waals surface area contributed by atoms with Crippen LogP contribution in [0.3, 0.4) is 0 Å². The first-order valence-corrected chi connectivity index (χ1v) is 7.58. The quantitative estimate of drug-likeness (QED) is 0.829. The van der Waals surface area contributed by atoms with Crippen LogP contribution in [0.1, 0.15) is 37.9 Å². The van der Waals surface area contributed by atoms with Crippen LogP contribution in [0.5, 0.6) is 0 Å². The molecule has 2 rings (SSSR count). The highest BCUT2D eigenvalue weighted by Crippen LogP contribution is 2.38. The van der Waals surface area contributed by atoms with Crippen molar-refractivity contribution in [1.82, 2.24) is 9.55 Å². The number of aromatic amines is 1. The molecule has 1 aliphatic carbocycles. The van der Waals surface area contributed by atoms with Gasteiger partial charge in [0.15, 0.2) is 0 Å². The van der Waals surface area contributed by atoms with E-state index in [0.29, 0.717) is 0 Å². The Morgan fingerprint density at radius 1 is 1.21 bits per heavy atom. The number of halogens is 4. The summed E-state index contributed by atoms with van der Waals surface area (Å²) in [5.74, 6) is -0.978. The molecule has 0 unspecified atom stereocenters. The SMILES string of the molecule is CC.Cc1c(C)n(CC2=C(C(F)(F)F)CCC=C2F)c(=O)[nH]c1=O. The Bertz CT molecular complexity index is 783. The summed E-state index contributed by atoms with van der Waals surface area (Å²) >= 11 is 0. The van der Waals surface area contributed by atoms with Gasteiger partial charge in [-0.3, -0.25) is 14.3 Å². The van der Waals surface area contributed by atoms with Gasteiger partial charge in [-0.05, 0) is 32.8 Å². The molecular formula is C16H20F4N2O2. The van der Waals surface area contributed by atoms with Crippen molar-refractivity contribution in [1.29, 1.82) is 0 Å². The molecule has 0 saturated carbocycles. The average molecular weight is 348 g/mol. The molecule has 1 aromatic rings. The second kappa shape index (κ2) is 7.63. The summed E-state index contributed by atoms with van der Waals surface area (Å²) in [7, 11) is 0. The smallest absolute Gasteiger partial charge is 0.293 e. The Morgan fingerprint density at radius 3 is 2.33 bits per heavy atom. The summed E-state index contributed by atoms with van der Waals surface area (Å²) in [5.41, 5.74) is -2.59. The number of H-pyrrole nitrogens is 1. The van der Waals surface area contributed by atoms with E-state index in [9.17, 15) is 27.2 Å². The van der Waals surface area contributed by atoms with Gasteiger partial charge in [-0.1, -0.05) is 13.8 Å². The average Bonchev–Trinajstić information content (AvgIpc) is 2.51. The summed E-state index contributed by atoms with van der Waals surface area (Å²) in [6.07, 6.45) is -3.95. The lowest BCUT2D eigenvalue weighted by Gasteiger charge is -2.21. The van der Waals surface area contributed by atoms with E-state index in [2.05, 4.69) is 0 Å². The van der Waals surface area contributed by atoms with Crippen LogP contribution < -0.4 is 11.2 Å². The minimum absolute atomic E-state index is 0.0390. The molecule has 0 radical (unpaired) electrons. The predicted octanol–water partition coefficient (Wildman–Crippen LogP) is 3.69. The van der Waals surface area contributed by atoms with Crippen molar-refractivity contribution in [2.75, 3.05) is 0 Å². The molecule has 1 aliphatic rings. The number of aromatic nitrogens is 2. The minimum Gasteiger partial charge on any atom is -0.293 e. The number of allylic oxidation sites excluding steroid dienone is 4. The van der Waals surface area contributed by atoms with Gasteiger partial charge in [0.2, 0.25) is 0 Å². The molecule has 24 heavy (non-hydrogen) atoms. The van der Waals surface area contributed by atoms with Gasteiger partial charge in [0.1, 0.15) is 5.83 Å². The van der Waals surface area contributed by atoms with Gasteiger partial charge in [0.25, 0.3) is 5.56 Å². The van der Waals surface area contributed by atoms with E-state index in [1.165, 1.54) is 13.8 Å². The molecule has 1 aromatic heterocycles. The monoisotopic (exact) mass is 348 g/mol. The summed E-state index contributed by atoms with van der Waals surface area (Å²) in [6, 6.07) is 0. The molecule has 0 saturated heterocycles. The van der Waals surface area contributed by atoms with E-state index < -0.39 is 40.9 Å². The maximum atomic E-state index is 13.9. The molecule has 0 fully saturated rings. The van der Waals surface area contributed by atoms with E-state index in [1.54, 1.807) is 0 Å². The summed E-state index contributed by atoms with van der Waals surface area (Å²) < 4.78 is 53.9. The van der Waals surface area contributed by atoms with Crippen LogP contribution in [0.2, 0.25) is 0 Å². The van der Waals surface area contributed by atoms with Gasteiger partial charge in [-0.2, -0.15) is 13.2 Å². The number of alkyl halides is 3. The Morgan fingerprint density at radius 2 is 1.79 bits per heavy atom. The van der Waals surface area contributed by atoms with Crippen molar-refractivity contribution in [3.05, 3.63) is 55.1 Å². The van der Waals surface area contributed by atoms with Crippen LogP contribution in [0.15, 0.2) is 32.6 Å². The fraction of sp³-hybridized carbons (Fsp3) is 0.500. The fourth-order valence-electron chi connectivity index (χ4n) is 2.37. The number of nitrogens with zero attached hydrogens (tertiary/aromatic N) is 1. The Hall–Kier alpha value is -2.12. The Balaban J connectivity index is 0.00000139. The molecule has 134 valence electrons. The molecule has 0 bridgehead atoms. The lowest BCUT2D eigenvalue weighted by Crippen LogP contribution is -2.34. The molecule has 0 spiro atoms. The van der Waals surface area contributed by atoms with Crippen LogP contribution in [0.25, 0.3) is 0 Å². The maximum Gasteiger partial charge on any atom is 0.413 e. The molecule has 1 N–H and O–H groups in total. The number of hydrogen-bond acceptors (Lipinski definition) is 2. The van der Waals surface area contributed by atoms with Gasteiger partial charge in [-0.25, -0.2) is 9.18 Å². The van der Waals surface area contributed by atoms with Crippen molar-refractivity contribution in [3.63, 3.8) is 0 Å². The number of rotatable bonds is 2. The summed E-state index contributed by atoms with van der Waals surface area (Å²) in [6.45, 7) is 6.31. The second-order valence-electron chi connectivity index (χ2n) is 5.10. The first kappa shape index (κ1) is 19.9. The highest BCUT2D eigenvalue weighted by Gasteiger charge is 2.38. The minimum atomic E-state index is -4.66. The first-order chi connectivity index (χ1) is 11.1. The van der Waals surface area contributed by atoms with Crippen LogP contribution >= 0.6 is 0 Å². The maximum absolute atomic E-state index is 13.9. The second-order valence-corrected chi connectivity index (χ2v) is 5.10. The zero-order valence-electron chi connectivity index (χ0n) is 14.0. The van der Waals surface area contributed by atoms with E-state index in [0.717, 1.165) is 10.6 Å². The molecule has 4 nitrogen and oxygen atoms in total. The molecule has 0 atom stereocenters. The molecule has 0 amide bonds. The van der Waals surface area contributed by atoms with Gasteiger partial charge in [-0.15, -0.1) is 0 Å². The number of hydrogen-bond donors (Lipinski definition) is 1. The van der Waals surface area contributed by atoms with E-state index in [4.69, 9.17) is 0 Å². The van der Waals surface area contributed by atoms with Crippen molar-refractivity contribution in [3.8, 4) is 0 Å². The zero-order valence-corrected chi connectivity index (χ0v) is 14.0. The van der Waals surface area contributed by atoms with Gasteiger partial charge >= 0.3 is 11.9 Å². The third-order valence-electron chi connectivity index (χ3n) is 3.78. The van der Waals surface area contributed by atoms with Gasteiger partial charge < -0.3 is 0 Å². The molecule has 8 heteroatoms. The van der Waals surface area contributed by atoms with Crippen LogP contribution in [0.4, 0.5) is 17.6 Å². The molecular weight excluding hydrogens is 328 g/mol. The highest BCUT2D eigenvalue weighted by atomic mass is 19.4. The lowest BCUT2D eigenvalue weighted by molar-refractivity contribution is -0.0952. The largest absolute Gasteiger partial charge is 0.413 e. The normalized spacial score (nSPS) is 14.9. The molecule has 0 aliphatic heterocycles. The first-order valence-electron chi connectivity index (χ1n) is 7.58. The van der Waals surface area contributed by atoms with Crippen LogP contribution in [0, 0.1) is 13.8 Å². The molecule has 1 heterocycles. The highest BCUT2D eigenvalue weighted by molar-refractivity contribution is 5.37. The van der Waals surface area contributed by atoms with Gasteiger partial charge in [0.05, 0.1) is 6.54 Å². The molecule has 0 aromatic carbocycles. The van der Waals surface area contributed by atoms with Crippen molar-refractivity contribution in [2.24, 2.45) is 0 Å². The fourth-order valence-corrected chi connectivity index (χ4v) is 2.37.